The van der Waals surface area contributed by atoms with Gasteiger partial charge in [0, 0.05) is 19.7 Å². The topological polar surface area (TPSA) is 49.8 Å². The standard InChI is InChI=1S/C16H23NO3/c1-11(2)15(10-20-3)17-9-13-7-5-4-6-12(13)8-14(17)16(18)19/h4-7,11,14-15H,8-10H2,1-3H3,(H,18,19). The molecular weight excluding hydrogens is 254 g/mol. The number of carboxylic acids is 1. The first-order valence-corrected chi connectivity index (χ1v) is 7.08. The molecule has 2 unspecified atom stereocenters. The lowest BCUT2D eigenvalue weighted by atomic mass is 9.90. The summed E-state index contributed by atoms with van der Waals surface area (Å²) in [7, 11) is 1.67. The van der Waals surface area contributed by atoms with Crippen LogP contribution in [-0.4, -0.2) is 41.8 Å². The fourth-order valence-corrected chi connectivity index (χ4v) is 2.96. The van der Waals surface area contributed by atoms with Gasteiger partial charge < -0.3 is 9.84 Å². The predicted octanol–water partition coefficient (Wildman–Crippen LogP) is 2.17. The van der Waals surface area contributed by atoms with E-state index in [0.717, 1.165) is 5.56 Å². The molecule has 2 atom stereocenters. The summed E-state index contributed by atoms with van der Waals surface area (Å²) in [6.07, 6.45) is 0.568. The van der Waals surface area contributed by atoms with Crippen molar-refractivity contribution in [3.05, 3.63) is 35.4 Å². The van der Waals surface area contributed by atoms with Gasteiger partial charge in [-0.3, -0.25) is 9.69 Å². The van der Waals surface area contributed by atoms with Crippen molar-refractivity contribution in [3.63, 3.8) is 0 Å². The van der Waals surface area contributed by atoms with Gasteiger partial charge in [0.15, 0.2) is 0 Å². The Morgan fingerprint density at radius 3 is 2.60 bits per heavy atom. The average molecular weight is 277 g/mol. The van der Waals surface area contributed by atoms with E-state index in [1.165, 1.54) is 5.56 Å². The van der Waals surface area contributed by atoms with E-state index in [2.05, 4.69) is 24.8 Å². The van der Waals surface area contributed by atoms with Crippen LogP contribution in [0.1, 0.15) is 25.0 Å². The van der Waals surface area contributed by atoms with Crippen molar-refractivity contribution in [2.45, 2.75) is 38.9 Å². The smallest absolute Gasteiger partial charge is 0.321 e. The minimum atomic E-state index is -0.749. The zero-order valence-corrected chi connectivity index (χ0v) is 12.4. The Kier molecular flexibility index (Phi) is 4.78. The van der Waals surface area contributed by atoms with Crippen LogP contribution in [0.15, 0.2) is 24.3 Å². The number of hydrogen-bond acceptors (Lipinski definition) is 3. The van der Waals surface area contributed by atoms with Gasteiger partial charge in [0.2, 0.25) is 0 Å². The minimum absolute atomic E-state index is 0.120. The van der Waals surface area contributed by atoms with E-state index in [-0.39, 0.29) is 6.04 Å². The third-order valence-electron chi connectivity index (χ3n) is 4.10. The summed E-state index contributed by atoms with van der Waals surface area (Å²) >= 11 is 0. The molecule has 4 heteroatoms. The van der Waals surface area contributed by atoms with Gasteiger partial charge in [0.1, 0.15) is 6.04 Å². The van der Waals surface area contributed by atoms with Gasteiger partial charge in [0.25, 0.3) is 0 Å². The molecule has 0 fully saturated rings. The van der Waals surface area contributed by atoms with E-state index in [1.54, 1.807) is 7.11 Å². The number of carbonyl (C=O) groups is 1. The van der Waals surface area contributed by atoms with Gasteiger partial charge in [-0.25, -0.2) is 0 Å². The maximum atomic E-state index is 11.6. The van der Waals surface area contributed by atoms with Crippen LogP contribution < -0.4 is 0 Å². The molecule has 20 heavy (non-hydrogen) atoms. The molecule has 1 aliphatic heterocycles. The van der Waals surface area contributed by atoms with E-state index in [0.29, 0.717) is 25.5 Å². The van der Waals surface area contributed by atoms with Gasteiger partial charge in [-0.05, 0) is 23.5 Å². The molecule has 0 radical (unpaired) electrons. The van der Waals surface area contributed by atoms with Crippen molar-refractivity contribution in [2.24, 2.45) is 5.92 Å². The van der Waals surface area contributed by atoms with Crippen molar-refractivity contribution in [3.8, 4) is 0 Å². The normalized spacial score (nSPS) is 20.7. The van der Waals surface area contributed by atoms with Gasteiger partial charge >= 0.3 is 5.97 Å². The Morgan fingerprint density at radius 1 is 1.40 bits per heavy atom. The number of carboxylic acid groups (broad SMARTS) is 1. The van der Waals surface area contributed by atoms with Crippen molar-refractivity contribution in [2.75, 3.05) is 13.7 Å². The summed E-state index contributed by atoms with van der Waals surface area (Å²) in [5.41, 5.74) is 2.38. The maximum absolute atomic E-state index is 11.6. The summed E-state index contributed by atoms with van der Waals surface area (Å²) in [5, 5.41) is 9.55. The van der Waals surface area contributed by atoms with Crippen LogP contribution in [0, 0.1) is 5.92 Å². The fourth-order valence-electron chi connectivity index (χ4n) is 2.96. The molecule has 4 nitrogen and oxygen atoms in total. The lowest BCUT2D eigenvalue weighted by Gasteiger charge is -2.41. The SMILES string of the molecule is COCC(C(C)C)N1Cc2ccccc2CC1C(=O)O. The lowest BCUT2D eigenvalue weighted by molar-refractivity contribution is -0.146. The third-order valence-corrected chi connectivity index (χ3v) is 4.10. The molecule has 1 aliphatic rings. The molecule has 0 aromatic heterocycles. The summed E-state index contributed by atoms with van der Waals surface area (Å²) < 4.78 is 5.30. The molecule has 1 N–H and O–H groups in total. The number of fused-ring (bicyclic) bond motifs is 1. The number of aliphatic carboxylic acids is 1. The zero-order valence-electron chi connectivity index (χ0n) is 12.4. The first kappa shape index (κ1) is 15.0. The maximum Gasteiger partial charge on any atom is 0.321 e. The Labute approximate surface area is 120 Å². The molecular formula is C16H23NO3. The van der Waals surface area contributed by atoms with E-state index in [9.17, 15) is 9.90 Å². The zero-order chi connectivity index (χ0) is 14.7. The molecule has 0 aliphatic carbocycles. The van der Waals surface area contributed by atoms with E-state index in [4.69, 9.17) is 4.74 Å². The predicted molar refractivity (Wildman–Crippen MR) is 77.6 cm³/mol. The van der Waals surface area contributed by atoms with Crippen molar-refractivity contribution >= 4 is 5.97 Å². The molecule has 110 valence electrons. The second-order valence-corrected chi connectivity index (χ2v) is 5.77. The second kappa shape index (κ2) is 6.37. The first-order chi connectivity index (χ1) is 9.54. The minimum Gasteiger partial charge on any atom is -0.480 e. The highest BCUT2D eigenvalue weighted by Crippen LogP contribution is 2.27. The molecule has 2 rings (SSSR count). The molecule has 0 bridgehead atoms. The molecule has 0 saturated heterocycles. The molecule has 1 heterocycles. The number of methoxy groups -OCH3 is 1. The molecule has 1 aromatic rings. The van der Waals surface area contributed by atoms with Gasteiger partial charge in [-0.15, -0.1) is 0 Å². The van der Waals surface area contributed by atoms with Gasteiger partial charge in [0.05, 0.1) is 6.61 Å². The van der Waals surface area contributed by atoms with Crippen LogP contribution >= 0.6 is 0 Å². The van der Waals surface area contributed by atoms with Crippen LogP contribution in [0.3, 0.4) is 0 Å². The molecule has 0 amide bonds. The van der Waals surface area contributed by atoms with Crippen molar-refractivity contribution < 1.29 is 14.6 Å². The quantitative estimate of drug-likeness (QED) is 0.896. The Morgan fingerprint density at radius 2 is 2.05 bits per heavy atom. The van der Waals surface area contributed by atoms with E-state index < -0.39 is 12.0 Å². The second-order valence-electron chi connectivity index (χ2n) is 5.77. The highest BCUT2D eigenvalue weighted by atomic mass is 16.5. The summed E-state index contributed by atoms with van der Waals surface area (Å²) in [4.78, 5) is 13.7. The molecule has 0 spiro atoms. The number of hydrogen-bond donors (Lipinski definition) is 1. The number of ether oxygens (including phenoxy) is 1. The largest absolute Gasteiger partial charge is 0.480 e. The number of rotatable bonds is 5. The average Bonchev–Trinajstić information content (AvgIpc) is 2.43. The highest BCUT2D eigenvalue weighted by molar-refractivity contribution is 5.74. The molecule has 0 saturated carbocycles. The molecule has 1 aromatic carbocycles. The Bertz CT molecular complexity index is 473. The third kappa shape index (κ3) is 3.02. The van der Waals surface area contributed by atoms with E-state index >= 15 is 0 Å². The van der Waals surface area contributed by atoms with Crippen LogP contribution in [-0.2, 0) is 22.5 Å². The monoisotopic (exact) mass is 277 g/mol. The van der Waals surface area contributed by atoms with Crippen LogP contribution in [0.5, 0.6) is 0 Å². The first-order valence-electron chi connectivity index (χ1n) is 7.08. The highest BCUT2D eigenvalue weighted by Gasteiger charge is 2.36. The number of benzene rings is 1. The van der Waals surface area contributed by atoms with Gasteiger partial charge in [-0.1, -0.05) is 38.1 Å². The summed E-state index contributed by atoms with van der Waals surface area (Å²) in [5.74, 6) is -0.400. The van der Waals surface area contributed by atoms with Gasteiger partial charge in [-0.2, -0.15) is 0 Å². The van der Waals surface area contributed by atoms with Crippen LogP contribution in [0.2, 0.25) is 0 Å². The van der Waals surface area contributed by atoms with Crippen molar-refractivity contribution in [1.29, 1.82) is 0 Å². The van der Waals surface area contributed by atoms with Crippen LogP contribution in [0.4, 0.5) is 0 Å². The Hall–Kier alpha value is -1.39. The lowest BCUT2D eigenvalue weighted by Crippen LogP contribution is -2.53. The number of nitrogens with zero attached hydrogens (tertiary/aromatic N) is 1. The summed E-state index contributed by atoms with van der Waals surface area (Å²) in [6.45, 7) is 5.47. The Balaban J connectivity index is 2.32. The van der Waals surface area contributed by atoms with Crippen molar-refractivity contribution in [1.82, 2.24) is 4.90 Å². The summed E-state index contributed by atoms with van der Waals surface area (Å²) in [6, 6.07) is 7.76. The van der Waals surface area contributed by atoms with Crippen LogP contribution in [0.25, 0.3) is 0 Å². The van der Waals surface area contributed by atoms with E-state index in [1.807, 2.05) is 18.2 Å². The fraction of sp³-hybridized carbons (Fsp3) is 0.562.